The lowest BCUT2D eigenvalue weighted by atomic mass is 10.2. The third-order valence-electron chi connectivity index (χ3n) is 3.67. The van der Waals surface area contributed by atoms with Gasteiger partial charge < -0.3 is 14.5 Å². The molecule has 8 nitrogen and oxygen atoms in total. The fourth-order valence-corrected chi connectivity index (χ4v) is 2.50. The molecular weight excluding hydrogens is 324 g/mol. The number of aromatic nitrogens is 2. The van der Waals surface area contributed by atoms with Crippen LogP contribution in [-0.4, -0.2) is 27.3 Å². The number of nitro benzene ring substituents is 1. The normalized spacial score (nSPS) is 10.6. The highest BCUT2D eigenvalue weighted by atomic mass is 16.6. The van der Waals surface area contributed by atoms with Crippen LogP contribution in [-0.2, 0) is 11.2 Å². The Morgan fingerprint density at radius 3 is 2.88 bits per heavy atom. The molecule has 3 aromatic rings. The molecule has 0 fully saturated rings. The maximum atomic E-state index is 12.2. The van der Waals surface area contributed by atoms with E-state index in [0.29, 0.717) is 11.4 Å². The molecule has 1 N–H and O–H groups in total. The lowest BCUT2D eigenvalue weighted by Gasteiger charge is -2.06. The van der Waals surface area contributed by atoms with E-state index in [9.17, 15) is 14.9 Å². The van der Waals surface area contributed by atoms with Crippen molar-refractivity contribution in [1.29, 1.82) is 0 Å². The van der Waals surface area contributed by atoms with Gasteiger partial charge in [-0.15, -0.1) is 0 Å². The number of fused-ring (bicyclic) bond motifs is 1. The number of pyridine rings is 1. The van der Waals surface area contributed by atoms with Crippen molar-refractivity contribution in [2.75, 3.05) is 12.4 Å². The van der Waals surface area contributed by atoms with E-state index in [2.05, 4.69) is 10.3 Å². The molecule has 2 heterocycles. The number of methoxy groups -OCH3 is 1. The summed E-state index contributed by atoms with van der Waals surface area (Å²) in [5.41, 5.74) is 2.59. The monoisotopic (exact) mass is 340 g/mol. The lowest BCUT2D eigenvalue weighted by molar-refractivity contribution is -0.385. The molecule has 0 atom stereocenters. The van der Waals surface area contributed by atoms with Crippen molar-refractivity contribution in [3.8, 4) is 5.75 Å². The average molecular weight is 340 g/mol. The van der Waals surface area contributed by atoms with Crippen molar-refractivity contribution >= 4 is 22.9 Å². The van der Waals surface area contributed by atoms with Crippen LogP contribution in [0.25, 0.3) is 5.65 Å². The van der Waals surface area contributed by atoms with Crippen LogP contribution in [0.15, 0.2) is 42.7 Å². The molecule has 25 heavy (non-hydrogen) atoms. The number of benzene rings is 1. The fourth-order valence-electron chi connectivity index (χ4n) is 2.50. The van der Waals surface area contributed by atoms with Gasteiger partial charge in [0.1, 0.15) is 5.65 Å². The molecular formula is C17H16N4O4. The van der Waals surface area contributed by atoms with Crippen LogP contribution in [0.5, 0.6) is 5.75 Å². The Bertz CT molecular complexity index is 964. The molecule has 0 aliphatic rings. The van der Waals surface area contributed by atoms with Gasteiger partial charge in [-0.05, 0) is 36.8 Å². The van der Waals surface area contributed by atoms with Gasteiger partial charge in [-0.2, -0.15) is 0 Å². The minimum Gasteiger partial charge on any atom is -0.490 e. The number of rotatable bonds is 5. The third kappa shape index (κ3) is 3.57. The molecule has 0 radical (unpaired) electrons. The molecule has 0 bridgehead atoms. The Labute approximate surface area is 143 Å². The Kier molecular flexibility index (Phi) is 4.34. The number of hydrogen-bond acceptors (Lipinski definition) is 5. The Hall–Kier alpha value is -3.42. The van der Waals surface area contributed by atoms with E-state index in [1.54, 1.807) is 12.3 Å². The molecule has 0 aliphatic heterocycles. The zero-order valence-electron chi connectivity index (χ0n) is 13.7. The van der Waals surface area contributed by atoms with Crippen LogP contribution in [0, 0.1) is 17.0 Å². The van der Waals surface area contributed by atoms with Gasteiger partial charge in [0, 0.05) is 24.1 Å². The molecule has 0 aliphatic carbocycles. The fraction of sp³-hybridized carbons (Fsp3) is 0.176. The standard InChI is InChI=1S/C17H16N4O4/c1-11-5-6-20-10-13(18-16(20)7-11)9-17(22)19-12-3-4-15(25-2)14(8-12)21(23)24/h3-8,10H,9H2,1-2H3,(H,19,22). The van der Waals surface area contributed by atoms with Crippen molar-refractivity contribution in [3.63, 3.8) is 0 Å². The first-order valence-electron chi connectivity index (χ1n) is 7.53. The Morgan fingerprint density at radius 1 is 1.36 bits per heavy atom. The topological polar surface area (TPSA) is 98.8 Å². The van der Waals surface area contributed by atoms with Gasteiger partial charge in [0.25, 0.3) is 0 Å². The number of nitrogens with one attached hydrogen (secondary N) is 1. The number of anilines is 1. The van der Waals surface area contributed by atoms with Gasteiger partial charge in [-0.3, -0.25) is 14.9 Å². The molecule has 2 aromatic heterocycles. The predicted molar refractivity (Wildman–Crippen MR) is 91.9 cm³/mol. The summed E-state index contributed by atoms with van der Waals surface area (Å²) in [5, 5.41) is 13.7. The van der Waals surface area contributed by atoms with Crippen LogP contribution in [0.2, 0.25) is 0 Å². The van der Waals surface area contributed by atoms with Gasteiger partial charge in [0.05, 0.1) is 24.1 Å². The number of aryl methyl sites for hydroxylation is 1. The van der Waals surface area contributed by atoms with Crippen LogP contribution < -0.4 is 10.1 Å². The number of amides is 1. The van der Waals surface area contributed by atoms with Crippen molar-refractivity contribution < 1.29 is 14.5 Å². The minimum absolute atomic E-state index is 0.0700. The van der Waals surface area contributed by atoms with Gasteiger partial charge in [0.2, 0.25) is 5.91 Å². The number of carbonyl (C=O) groups is 1. The zero-order valence-corrected chi connectivity index (χ0v) is 13.7. The molecule has 0 spiro atoms. The van der Waals surface area contributed by atoms with E-state index < -0.39 is 4.92 Å². The van der Waals surface area contributed by atoms with Crippen molar-refractivity contribution in [3.05, 3.63) is 64.1 Å². The molecule has 0 unspecified atom stereocenters. The lowest BCUT2D eigenvalue weighted by Crippen LogP contribution is -2.14. The highest BCUT2D eigenvalue weighted by Crippen LogP contribution is 2.29. The molecule has 3 rings (SSSR count). The summed E-state index contributed by atoms with van der Waals surface area (Å²) < 4.78 is 6.78. The number of hydrogen-bond donors (Lipinski definition) is 1. The number of nitrogens with zero attached hydrogens (tertiary/aromatic N) is 3. The van der Waals surface area contributed by atoms with Gasteiger partial charge in [0.15, 0.2) is 5.75 Å². The van der Waals surface area contributed by atoms with Crippen LogP contribution in [0.4, 0.5) is 11.4 Å². The summed E-state index contributed by atoms with van der Waals surface area (Å²) >= 11 is 0. The first-order chi connectivity index (χ1) is 12.0. The van der Waals surface area contributed by atoms with E-state index in [0.717, 1.165) is 11.2 Å². The summed E-state index contributed by atoms with van der Waals surface area (Å²) in [6.07, 6.45) is 3.73. The van der Waals surface area contributed by atoms with Gasteiger partial charge >= 0.3 is 5.69 Å². The smallest absolute Gasteiger partial charge is 0.312 e. The molecule has 8 heteroatoms. The highest BCUT2D eigenvalue weighted by molar-refractivity contribution is 5.92. The van der Waals surface area contributed by atoms with Crippen molar-refractivity contribution in [2.24, 2.45) is 0 Å². The molecule has 0 saturated carbocycles. The first kappa shape index (κ1) is 16.4. The Morgan fingerprint density at radius 2 is 2.16 bits per heavy atom. The number of carbonyl (C=O) groups excluding carboxylic acids is 1. The average Bonchev–Trinajstić information content (AvgIpc) is 2.95. The quantitative estimate of drug-likeness (QED) is 0.569. The summed E-state index contributed by atoms with van der Waals surface area (Å²) in [7, 11) is 1.35. The van der Waals surface area contributed by atoms with E-state index in [1.165, 1.54) is 19.2 Å². The zero-order chi connectivity index (χ0) is 18.0. The van der Waals surface area contributed by atoms with Crippen LogP contribution in [0.3, 0.4) is 0 Å². The maximum Gasteiger partial charge on any atom is 0.312 e. The SMILES string of the molecule is COc1ccc(NC(=O)Cc2cn3ccc(C)cc3n2)cc1[N+](=O)[O-]. The van der Waals surface area contributed by atoms with E-state index >= 15 is 0 Å². The molecule has 1 amide bonds. The maximum absolute atomic E-state index is 12.2. The van der Waals surface area contributed by atoms with E-state index in [4.69, 9.17) is 4.74 Å². The minimum atomic E-state index is -0.557. The molecule has 0 saturated heterocycles. The van der Waals surface area contributed by atoms with Crippen molar-refractivity contribution in [2.45, 2.75) is 13.3 Å². The second-order valence-corrected chi connectivity index (χ2v) is 5.57. The third-order valence-corrected chi connectivity index (χ3v) is 3.67. The molecule has 128 valence electrons. The summed E-state index contributed by atoms with van der Waals surface area (Å²) in [4.78, 5) is 27.1. The van der Waals surface area contributed by atoms with Crippen LogP contribution in [0.1, 0.15) is 11.3 Å². The summed E-state index contributed by atoms with van der Waals surface area (Å²) in [5.74, 6) is -0.168. The van der Waals surface area contributed by atoms with Crippen LogP contribution >= 0.6 is 0 Å². The molecule has 1 aromatic carbocycles. The second kappa shape index (κ2) is 6.60. The number of ether oxygens (including phenoxy) is 1. The second-order valence-electron chi connectivity index (χ2n) is 5.57. The van der Waals surface area contributed by atoms with Crippen molar-refractivity contribution in [1.82, 2.24) is 9.38 Å². The highest BCUT2D eigenvalue weighted by Gasteiger charge is 2.16. The first-order valence-corrected chi connectivity index (χ1v) is 7.53. The van der Waals surface area contributed by atoms with Gasteiger partial charge in [-0.25, -0.2) is 4.98 Å². The van der Waals surface area contributed by atoms with E-state index in [-0.39, 0.29) is 23.8 Å². The summed E-state index contributed by atoms with van der Waals surface area (Å²) in [6, 6.07) is 8.14. The number of imidazole rings is 1. The van der Waals surface area contributed by atoms with E-state index in [1.807, 2.05) is 29.7 Å². The largest absolute Gasteiger partial charge is 0.490 e. The summed E-state index contributed by atoms with van der Waals surface area (Å²) in [6.45, 7) is 1.97. The Balaban J connectivity index is 1.75. The number of nitro groups is 1. The van der Waals surface area contributed by atoms with Gasteiger partial charge in [-0.1, -0.05) is 0 Å². The predicted octanol–water partition coefficient (Wildman–Crippen LogP) is 2.74.